The van der Waals surface area contributed by atoms with Crippen molar-refractivity contribution in [1.82, 2.24) is 4.57 Å². The lowest BCUT2D eigenvalue weighted by Crippen LogP contribution is -2.12. The molecule has 10 aromatic rings. The molecule has 0 saturated heterocycles. The summed E-state index contributed by atoms with van der Waals surface area (Å²) in [5, 5.41) is 7.65. The van der Waals surface area contributed by atoms with Gasteiger partial charge in [0, 0.05) is 33.5 Å². The molecule has 0 N–H and O–H groups in total. The van der Waals surface area contributed by atoms with Gasteiger partial charge in [-0.2, -0.15) is 0 Å². The molecule has 0 unspecified atom stereocenters. The van der Waals surface area contributed by atoms with Crippen LogP contribution in [0.4, 0.5) is 17.1 Å². The molecule has 0 amide bonds. The maximum absolute atomic E-state index is 2.41. The molecule has 0 atom stereocenters. The topological polar surface area (TPSA) is 8.17 Å². The minimum atomic E-state index is 1.12. The maximum atomic E-state index is 2.41. The highest BCUT2D eigenvalue weighted by Gasteiger charge is 2.22. The summed E-state index contributed by atoms with van der Waals surface area (Å²) in [6.07, 6.45) is 0. The monoisotopic (exact) mass is 704 g/mol. The first-order chi connectivity index (χ1) is 27.0. The quantitative estimate of drug-likeness (QED) is 0.156. The van der Waals surface area contributed by atoms with E-state index < -0.39 is 0 Å². The van der Waals surface area contributed by atoms with Gasteiger partial charge in [0.1, 0.15) is 0 Å². The van der Waals surface area contributed by atoms with Crippen LogP contribution in [0.1, 0.15) is 16.7 Å². The summed E-state index contributed by atoms with van der Waals surface area (Å²) in [5.74, 6) is 0. The number of aromatic nitrogens is 1. The lowest BCUT2D eigenvalue weighted by molar-refractivity contribution is 1.17. The number of rotatable bonds is 6. The number of hydrogen-bond donors (Lipinski definition) is 0. The molecule has 0 saturated carbocycles. The minimum Gasteiger partial charge on any atom is -0.310 e. The van der Waals surface area contributed by atoms with E-state index in [1.807, 2.05) is 0 Å². The van der Waals surface area contributed by atoms with Crippen molar-refractivity contribution < 1.29 is 0 Å². The standard InChI is InChI=1S/C53H40N2/c1-35-26-31-46-48(32-35)52(38-16-6-4-7-17-38)44-22-10-11-23-45(44)53(46)47-33-37(3)51(34-36(47)2)54(39-18-8-5-9-19-39)40-27-29-41(30-28-40)55-49-24-14-12-20-42(49)43-21-13-15-25-50(43)55/h4-34H,1-3H3. The molecular formula is C53H40N2. The van der Waals surface area contributed by atoms with E-state index in [2.05, 4.69) is 218 Å². The number of hydrogen-bond acceptors (Lipinski definition) is 1. The normalized spacial score (nSPS) is 11.5. The van der Waals surface area contributed by atoms with E-state index in [1.54, 1.807) is 0 Å². The Morgan fingerprint density at radius 2 is 0.909 bits per heavy atom. The Hall–Kier alpha value is -6.90. The van der Waals surface area contributed by atoms with Gasteiger partial charge >= 0.3 is 0 Å². The highest BCUT2D eigenvalue weighted by atomic mass is 15.1. The smallest absolute Gasteiger partial charge is 0.0541 e. The lowest BCUT2D eigenvalue weighted by Gasteiger charge is -2.29. The molecule has 10 rings (SSSR count). The third kappa shape index (κ3) is 5.41. The number of benzene rings is 9. The van der Waals surface area contributed by atoms with Crippen molar-refractivity contribution in [2.24, 2.45) is 0 Å². The highest BCUT2D eigenvalue weighted by molar-refractivity contribution is 6.22. The van der Waals surface area contributed by atoms with Gasteiger partial charge in [-0.05, 0) is 136 Å². The van der Waals surface area contributed by atoms with Gasteiger partial charge in [-0.1, -0.05) is 133 Å². The SMILES string of the molecule is Cc1ccc2c(-c3cc(C)c(N(c4ccccc4)c4ccc(-n5c6ccccc6c6ccccc65)cc4)cc3C)c3ccccc3c(-c3ccccc3)c2c1. The molecule has 262 valence electrons. The van der Waals surface area contributed by atoms with Gasteiger partial charge in [0.15, 0.2) is 0 Å². The zero-order valence-electron chi connectivity index (χ0n) is 31.3. The minimum absolute atomic E-state index is 1.12. The van der Waals surface area contributed by atoms with Crippen LogP contribution < -0.4 is 4.90 Å². The Morgan fingerprint density at radius 1 is 0.382 bits per heavy atom. The van der Waals surface area contributed by atoms with Crippen LogP contribution in [0.3, 0.4) is 0 Å². The second kappa shape index (κ2) is 13.2. The van der Waals surface area contributed by atoms with Crippen LogP contribution in [0.5, 0.6) is 0 Å². The van der Waals surface area contributed by atoms with E-state index in [1.165, 1.54) is 88.0 Å². The summed E-state index contributed by atoms with van der Waals surface area (Å²) in [5.41, 5.74) is 15.8. The molecule has 0 aliphatic rings. The second-order valence-electron chi connectivity index (χ2n) is 14.7. The summed E-state index contributed by atoms with van der Waals surface area (Å²) in [6, 6.07) is 68.7. The molecule has 2 nitrogen and oxygen atoms in total. The lowest BCUT2D eigenvalue weighted by atomic mass is 9.84. The molecule has 0 radical (unpaired) electrons. The van der Waals surface area contributed by atoms with Gasteiger partial charge in [-0.3, -0.25) is 0 Å². The fraction of sp³-hybridized carbons (Fsp3) is 0.0566. The number of aryl methyl sites for hydroxylation is 3. The third-order valence-corrected chi connectivity index (χ3v) is 11.3. The van der Waals surface area contributed by atoms with Gasteiger partial charge in [-0.25, -0.2) is 0 Å². The van der Waals surface area contributed by atoms with Crippen molar-refractivity contribution >= 4 is 60.4 Å². The maximum Gasteiger partial charge on any atom is 0.0541 e. The van der Waals surface area contributed by atoms with Gasteiger partial charge in [0.2, 0.25) is 0 Å². The zero-order valence-corrected chi connectivity index (χ0v) is 31.3. The number of nitrogens with zero attached hydrogens (tertiary/aromatic N) is 2. The Bertz CT molecular complexity index is 2990. The van der Waals surface area contributed by atoms with Gasteiger partial charge < -0.3 is 9.47 Å². The van der Waals surface area contributed by atoms with E-state index in [-0.39, 0.29) is 0 Å². The Labute approximate surface area is 322 Å². The van der Waals surface area contributed by atoms with Crippen LogP contribution >= 0.6 is 0 Å². The van der Waals surface area contributed by atoms with Crippen molar-refractivity contribution in [2.75, 3.05) is 4.90 Å². The molecule has 9 aromatic carbocycles. The van der Waals surface area contributed by atoms with Crippen molar-refractivity contribution in [1.29, 1.82) is 0 Å². The summed E-state index contributed by atoms with van der Waals surface area (Å²) >= 11 is 0. The number of para-hydroxylation sites is 3. The molecule has 0 spiro atoms. The fourth-order valence-corrected chi connectivity index (χ4v) is 8.77. The largest absolute Gasteiger partial charge is 0.310 e. The van der Waals surface area contributed by atoms with Crippen LogP contribution in [0, 0.1) is 20.8 Å². The van der Waals surface area contributed by atoms with Crippen LogP contribution in [-0.2, 0) is 0 Å². The molecule has 2 heteroatoms. The fourth-order valence-electron chi connectivity index (χ4n) is 8.77. The first-order valence-corrected chi connectivity index (χ1v) is 19.1. The average Bonchev–Trinajstić information content (AvgIpc) is 3.57. The molecule has 0 aliphatic carbocycles. The first-order valence-electron chi connectivity index (χ1n) is 19.1. The van der Waals surface area contributed by atoms with E-state index in [0.29, 0.717) is 0 Å². The first kappa shape index (κ1) is 32.7. The Morgan fingerprint density at radius 3 is 1.56 bits per heavy atom. The molecular weight excluding hydrogens is 665 g/mol. The van der Waals surface area contributed by atoms with Gasteiger partial charge in [0.25, 0.3) is 0 Å². The molecule has 0 aliphatic heterocycles. The van der Waals surface area contributed by atoms with Crippen molar-refractivity contribution in [2.45, 2.75) is 20.8 Å². The molecule has 0 fully saturated rings. The zero-order chi connectivity index (χ0) is 37.0. The predicted molar refractivity (Wildman–Crippen MR) is 236 cm³/mol. The van der Waals surface area contributed by atoms with Crippen molar-refractivity contribution in [3.05, 3.63) is 205 Å². The van der Waals surface area contributed by atoms with E-state index in [4.69, 9.17) is 0 Å². The van der Waals surface area contributed by atoms with E-state index in [9.17, 15) is 0 Å². The summed E-state index contributed by atoms with van der Waals surface area (Å²) in [6.45, 7) is 6.72. The Balaban J connectivity index is 1.14. The summed E-state index contributed by atoms with van der Waals surface area (Å²) in [7, 11) is 0. The number of fused-ring (bicyclic) bond motifs is 5. The molecule has 0 bridgehead atoms. The highest BCUT2D eigenvalue weighted by Crippen LogP contribution is 2.47. The van der Waals surface area contributed by atoms with Gasteiger partial charge in [0.05, 0.1) is 11.0 Å². The van der Waals surface area contributed by atoms with E-state index >= 15 is 0 Å². The van der Waals surface area contributed by atoms with Crippen LogP contribution in [0.15, 0.2) is 188 Å². The second-order valence-corrected chi connectivity index (χ2v) is 14.7. The molecule has 55 heavy (non-hydrogen) atoms. The van der Waals surface area contributed by atoms with E-state index in [0.717, 1.165) is 17.1 Å². The Kier molecular flexibility index (Phi) is 7.85. The summed E-state index contributed by atoms with van der Waals surface area (Å²) < 4.78 is 2.38. The summed E-state index contributed by atoms with van der Waals surface area (Å²) in [4.78, 5) is 2.40. The van der Waals surface area contributed by atoms with Gasteiger partial charge in [-0.15, -0.1) is 0 Å². The average molecular weight is 705 g/mol. The number of anilines is 3. The molecule has 1 heterocycles. The van der Waals surface area contributed by atoms with Crippen LogP contribution in [-0.4, -0.2) is 4.57 Å². The van der Waals surface area contributed by atoms with Crippen molar-refractivity contribution in [3.8, 4) is 27.9 Å². The van der Waals surface area contributed by atoms with Crippen LogP contribution in [0.2, 0.25) is 0 Å². The third-order valence-electron chi connectivity index (χ3n) is 11.3. The van der Waals surface area contributed by atoms with Crippen LogP contribution in [0.25, 0.3) is 71.3 Å². The van der Waals surface area contributed by atoms with Crippen molar-refractivity contribution in [3.63, 3.8) is 0 Å². The molecule has 1 aromatic heterocycles. The predicted octanol–water partition coefficient (Wildman–Crippen LogP) is 14.8.